The molecule has 0 spiro atoms. The lowest BCUT2D eigenvalue weighted by Crippen LogP contribution is -2.15. The second-order valence-electron chi connectivity index (χ2n) is 3.56. The molecule has 1 heterocycles. The Morgan fingerprint density at radius 3 is 3.24 bits per heavy atom. The molecule has 0 unspecified atom stereocenters. The summed E-state index contributed by atoms with van der Waals surface area (Å²) in [6.07, 6.45) is 1.75. The zero-order chi connectivity index (χ0) is 12.1. The highest BCUT2D eigenvalue weighted by molar-refractivity contribution is 7.99. The first-order valence-corrected chi connectivity index (χ1v) is 6.46. The van der Waals surface area contributed by atoms with E-state index in [9.17, 15) is 4.79 Å². The second kappa shape index (κ2) is 5.70. The van der Waals surface area contributed by atoms with Crippen molar-refractivity contribution >= 4 is 34.3 Å². The van der Waals surface area contributed by atoms with Gasteiger partial charge in [-0.3, -0.25) is 9.89 Å². The molecular formula is C11H14N4OS. The van der Waals surface area contributed by atoms with Crippen LogP contribution in [0.1, 0.15) is 0 Å². The molecule has 0 aliphatic carbocycles. The summed E-state index contributed by atoms with van der Waals surface area (Å²) in [6.45, 7) is 0.595. The lowest BCUT2D eigenvalue weighted by atomic mass is 10.2. The van der Waals surface area contributed by atoms with Crippen LogP contribution in [0.25, 0.3) is 10.9 Å². The first-order chi connectivity index (χ1) is 8.29. The van der Waals surface area contributed by atoms with Crippen LogP contribution in [0.2, 0.25) is 0 Å². The lowest BCUT2D eigenvalue weighted by molar-refractivity contribution is -0.113. The van der Waals surface area contributed by atoms with Gasteiger partial charge in [-0.15, -0.1) is 0 Å². The molecule has 0 aliphatic heterocycles. The zero-order valence-corrected chi connectivity index (χ0v) is 10.1. The van der Waals surface area contributed by atoms with E-state index >= 15 is 0 Å². The Labute approximate surface area is 103 Å². The first-order valence-electron chi connectivity index (χ1n) is 5.30. The predicted molar refractivity (Wildman–Crippen MR) is 71.1 cm³/mol. The van der Waals surface area contributed by atoms with Crippen molar-refractivity contribution in [1.29, 1.82) is 0 Å². The number of aromatic amines is 1. The van der Waals surface area contributed by atoms with Crippen molar-refractivity contribution < 1.29 is 4.79 Å². The monoisotopic (exact) mass is 250 g/mol. The summed E-state index contributed by atoms with van der Waals surface area (Å²) in [6, 6.07) is 5.65. The van der Waals surface area contributed by atoms with Gasteiger partial charge in [-0.05, 0) is 18.2 Å². The Kier molecular flexibility index (Phi) is 4.00. The third-order valence-corrected chi connectivity index (χ3v) is 3.21. The van der Waals surface area contributed by atoms with Crippen LogP contribution in [0, 0.1) is 0 Å². The number of hydrogen-bond donors (Lipinski definition) is 3. The number of anilines is 1. The molecule has 1 aromatic heterocycles. The van der Waals surface area contributed by atoms with E-state index in [2.05, 4.69) is 15.5 Å². The van der Waals surface area contributed by atoms with Crippen LogP contribution in [0.15, 0.2) is 24.4 Å². The van der Waals surface area contributed by atoms with Crippen molar-refractivity contribution in [3.63, 3.8) is 0 Å². The Hall–Kier alpha value is -1.53. The third-order valence-electron chi connectivity index (χ3n) is 2.22. The molecule has 0 atom stereocenters. The molecule has 0 saturated heterocycles. The van der Waals surface area contributed by atoms with Crippen LogP contribution < -0.4 is 11.1 Å². The van der Waals surface area contributed by atoms with Crippen LogP contribution in [0.4, 0.5) is 5.69 Å². The highest BCUT2D eigenvalue weighted by Gasteiger charge is 2.03. The fourth-order valence-electron chi connectivity index (χ4n) is 1.46. The first kappa shape index (κ1) is 11.9. The lowest BCUT2D eigenvalue weighted by Gasteiger charge is -2.04. The minimum atomic E-state index is -0.0117. The average Bonchev–Trinajstić information content (AvgIpc) is 2.76. The number of benzene rings is 1. The molecule has 4 N–H and O–H groups in total. The summed E-state index contributed by atoms with van der Waals surface area (Å²) in [5, 5.41) is 10.7. The van der Waals surface area contributed by atoms with Gasteiger partial charge in [0.1, 0.15) is 0 Å². The SMILES string of the molecule is NCCSCC(=O)Nc1ccc2cn[nH]c2c1. The van der Waals surface area contributed by atoms with E-state index in [-0.39, 0.29) is 5.91 Å². The number of nitrogens with two attached hydrogens (primary N) is 1. The van der Waals surface area contributed by atoms with Gasteiger partial charge < -0.3 is 11.1 Å². The van der Waals surface area contributed by atoms with Gasteiger partial charge in [-0.25, -0.2) is 0 Å². The van der Waals surface area contributed by atoms with E-state index in [1.54, 1.807) is 6.20 Å². The molecule has 17 heavy (non-hydrogen) atoms. The number of carbonyl (C=O) groups excluding carboxylic acids is 1. The number of aromatic nitrogens is 2. The van der Waals surface area contributed by atoms with E-state index in [0.29, 0.717) is 12.3 Å². The van der Waals surface area contributed by atoms with E-state index in [1.807, 2.05) is 18.2 Å². The van der Waals surface area contributed by atoms with Crippen LogP contribution in [-0.4, -0.2) is 34.2 Å². The molecular weight excluding hydrogens is 236 g/mol. The molecule has 1 amide bonds. The van der Waals surface area contributed by atoms with Crippen molar-refractivity contribution in [2.75, 3.05) is 23.4 Å². The van der Waals surface area contributed by atoms with Crippen molar-refractivity contribution in [1.82, 2.24) is 10.2 Å². The summed E-state index contributed by atoms with van der Waals surface area (Å²) >= 11 is 1.53. The summed E-state index contributed by atoms with van der Waals surface area (Å²) < 4.78 is 0. The minimum Gasteiger partial charge on any atom is -0.330 e. The van der Waals surface area contributed by atoms with E-state index < -0.39 is 0 Å². The molecule has 0 fully saturated rings. The van der Waals surface area contributed by atoms with Crippen molar-refractivity contribution in [3.05, 3.63) is 24.4 Å². The number of rotatable bonds is 5. The average molecular weight is 250 g/mol. The Morgan fingerprint density at radius 2 is 2.41 bits per heavy atom. The summed E-state index contributed by atoms with van der Waals surface area (Å²) in [7, 11) is 0. The maximum absolute atomic E-state index is 11.6. The van der Waals surface area contributed by atoms with Gasteiger partial charge in [-0.2, -0.15) is 16.9 Å². The summed E-state index contributed by atoms with van der Waals surface area (Å²) in [4.78, 5) is 11.6. The van der Waals surface area contributed by atoms with E-state index in [1.165, 1.54) is 11.8 Å². The molecule has 0 radical (unpaired) electrons. The molecule has 6 heteroatoms. The van der Waals surface area contributed by atoms with E-state index in [4.69, 9.17) is 5.73 Å². The van der Waals surface area contributed by atoms with Gasteiger partial charge in [0.05, 0.1) is 17.5 Å². The molecule has 2 rings (SSSR count). The van der Waals surface area contributed by atoms with Crippen molar-refractivity contribution in [2.45, 2.75) is 0 Å². The number of nitrogens with one attached hydrogen (secondary N) is 2. The van der Waals surface area contributed by atoms with Crippen LogP contribution in [0.5, 0.6) is 0 Å². The minimum absolute atomic E-state index is 0.0117. The standard InChI is InChI=1S/C11H14N4OS/c12-3-4-17-7-11(16)14-9-2-1-8-6-13-15-10(8)5-9/h1-2,5-6H,3-4,7,12H2,(H,13,15)(H,14,16). The molecule has 90 valence electrons. The van der Waals surface area contributed by atoms with Gasteiger partial charge in [0.2, 0.25) is 5.91 Å². The Bertz CT molecular complexity index is 511. The normalized spacial score (nSPS) is 10.6. The molecule has 2 aromatic rings. The molecule has 0 bridgehead atoms. The topological polar surface area (TPSA) is 83.8 Å². The highest BCUT2D eigenvalue weighted by atomic mass is 32.2. The number of H-pyrrole nitrogens is 1. The molecule has 1 aromatic carbocycles. The number of fused-ring (bicyclic) bond motifs is 1. The molecule has 0 aliphatic rings. The van der Waals surface area contributed by atoms with Crippen LogP contribution >= 0.6 is 11.8 Å². The van der Waals surface area contributed by atoms with Crippen LogP contribution in [0.3, 0.4) is 0 Å². The number of thioether (sulfide) groups is 1. The van der Waals surface area contributed by atoms with Gasteiger partial charge in [0.25, 0.3) is 0 Å². The predicted octanol–water partition coefficient (Wildman–Crippen LogP) is 1.19. The van der Waals surface area contributed by atoms with Gasteiger partial charge in [-0.1, -0.05) is 0 Å². The Morgan fingerprint density at radius 1 is 1.53 bits per heavy atom. The van der Waals surface area contributed by atoms with E-state index in [0.717, 1.165) is 22.3 Å². The number of amides is 1. The van der Waals surface area contributed by atoms with Gasteiger partial charge >= 0.3 is 0 Å². The number of carbonyl (C=O) groups is 1. The van der Waals surface area contributed by atoms with Crippen molar-refractivity contribution in [2.24, 2.45) is 5.73 Å². The number of nitrogens with zero attached hydrogens (tertiary/aromatic N) is 1. The Balaban J connectivity index is 1.95. The van der Waals surface area contributed by atoms with Gasteiger partial charge in [0.15, 0.2) is 0 Å². The maximum atomic E-state index is 11.6. The quantitative estimate of drug-likeness (QED) is 0.696. The van der Waals surface area contributed by atoms with Crippen molar-refractivity contribution in [3.8, 4) is 0 Å². The third kappa shape index (κ3) is 3.21. The highest BCUT2D eigenvalue weighted by Crippen LogP contribution is 2.16. The number of hydrogen-bond acceptors (Lipinski definition) is 4. The fraction of sp³-hybridized carbons (Fsp3) is 0.273. The smallest absolute Gasteiger partial charge is 0.234 e. The molecule has 5 nitrogen and oxygen atoms in total. The largest absolute Gasteiger partial charge is 0.330 e. The van der Waals surface area contributed by atoms with Crippen LogP contribution in [-0.2, 0) is 4.79 Å². The van der Waals surface area contributed by atoms with Gasteiger partial charge in [0, 0.05) is 23.4 Å². The second-order valence-corrected chi connectivity index (χ2v) is 4.67. The maximum Gasteiger partial charge on any atom is 0.234 e. The fourth-order valence-corrected chi connectivity index (χ4v) is 2.03. The zero-order valence-electron chi connectivity index (χ0n) is 9.27. The summed E-state index contributed by atoms with van der Waals surface area (Å²) in [5.41, 5.74) is 7.05. The summed E-state index contributed by atoms with van der Waals surface area (Å²) in [5.74, 6) is 1.22. The molecule has 0 saturated carbocycles.